The van der Waals surface area contributed by atoms with Gasteiger partial charge in [0.2, 0.25) is 0 Å². The molecule has 0 bridgehead atoms. The molecule has 84 valence electrons. The topological polar surface area (TPSA) is 27.7 Å². The van der Waals surface area contributed by atoms with Gasteiger partial charge in [0.25, 0.3) is 0 Å². The zero-order valence-electron chi connectivity index (χ0n) is 9.82. The van der Waals surface area contributed by atoms with Gasteiger partial charge in [0.15, 0.2) is 6.29 Å². The second-order valence-electron chi connectivity index (χ2n) is 4.11. The van der Waals surface area contributed by atoms with Gasteiger partial charge in [-0.2, -0.15) is 0 Å². The van der Waals surface area contributed by atoms with Crippen LogP contribution in [0.2, 0.25) is 0 Å². The van der Waals surface area contributed by atoms with Gasteiger partial charge < -0.3 is 14.2 Å². The first kappa shape index (κ1) is 12.0. The Morgan fingerprint density at radius 1 is 1.07 bits per heavy atom. The summed E-state index contributed by atoms with van der Waals surface area (Å²) in [7, 11) is 3.46. The highest BCUT2D eigenvalue weighted by Crippen LogP contribution is 2.33. The molecule has 0 saturated carbocycles. The molecule has 0 aromatic heterocycles. The number of hydrogen-bond donors (Lipinski definition) is 0. The Labute approximate surface area is 86.7 Å². The molecule has 3 heteroatoms. The van der Waals surface area contributed by atoms with Crippen molar-refractivity contribution in [3.63, 3.8) is 0 Å². The van der Waals surface area contributed by atoms with Gasteiger partial charge >= 0.3 is 0 Å². The molecule has 0 aromatic rings. The Balaban J connectivity index is 2.71. The van der Waals surface area contributed by atoms with Gasteiger partial charge in [-0.25, -0.2) is 0 Å². The Morgan fingerprint density at radius 3 is 2.14 bits per heavy atom. The number of hydrogen-bond acceptors (Lipinski definition) is 3. The molecular formula is C11H22O3. The summed E-state index contributed by atoms with van der Waals surface area (Å²) in [5.41, 5.74) is 0. The van der Waals surface area contributed by atoms with E-state index in [0.29, 0.717) is 11.8 Å². The highest BCUT2D eigenvalue weighted by molar-refractivity contribution is 4.85. The molecule has 5 atom stereocenters. The monoisotopic (exact) mass is 202 g/mol. The zero-order chi connectivity index (χ0) is 10.7. The molecule has 3 nitrogen and oxygen atoms in total. The number of ether oxygens (including phenoxy) is 3. The van der Waals surface area contributed by atoms with Gasteiger partial charge in [0.1, 0.15) is 0 Å². The van der Waals surface area contributed by atoms with Crippen LogP contribution in [-0.4, -0.2) is 32.7 Å². The van der Waals surface area contributed by atoms with Crippen molar-refractivity contribution in [1.29, 1.82) is 0 Å². The summed E-state index contributed by atoms with van der Waals surface area (Å²) in [6.07, 6.45) is 1.24. The lowest BCUT2D eigenvalue weighted by atomic mass is 9.84. The van der Waals surface area contributed by atoms with Crippen molar-refractivity contribution in [3.05, 3.63) is 0 Å². The molecule has 0 aliphatic carbocycles. The minimum absolute atomic E-state index is 0.0821. The van der Waals surface area contributed by atoms with Gasteiger partial charge in [0, 0.05) is 20.1 Å². The van der Waals surface area contributed by atoms with Crippen LogP contribution in [0.5, 0.6) is 0 Å². The molecule has 0 radical (unpaired) electrons. The van der Waals surface area contributed by atoms with Crippen molar-refractivity contribution >= 4 is 0 Å². The summed E-state index contributed by atoms with van der Waals surface area (Å²) in [5, 5.41) is 0. The third-order valence-corrected chi connectivity index (χ3v) is 3.36. The van der Waals surface area contributed by atoms with Gasteiger partial charge in [-0.15, -0.1) is 0 Å². The van der Waals surface area contributed by atoms with Gasteiger partial charge in [-0.05, 0) is 12.3 Å². The van der Waals surface area contributed by atoms with Gasteiger partial charge in [0.05, 0.1) is 12.2 Å². The molecule has 0 N–H and O–H groups in total. The largest absolute Gasteiger partial charge is 0.378 e. The summed E-state index contributed by atoms with van der Waals surface area (Å²) in [4.78, 5) is 0. The molecule has 14 heavy (non-hydrogen) atoms. The maximum absolute atomic E-state index is 5.82. The SMILES string of the molecule is CCC1O[C@H](OC)[C@@H](C)C(C)[C@@H]1OC. The minimum atomic E-state index is -0.0821. The molecule has 1 saturated heterocycles. The molecule has 1 fully saturated rings. The van der Waals surface area contributed by atoms with Crippen LogP contribution in [0, 0.1) is 11.8 Å². The van der Waals surface area contributed by atoms with E-state index in [2.05, 4.69) is 20.8 Å². The molecule has 1 aliphatic heterocycles. The van der Waals surface area contributed by atoms with E-state index in [4.69, 9.17) is 14.2 Å². The zero-order valence-corrected chi connectivity index (χ0v) is 9.82. The molecule has 1 aliphatic rings. The van der Waals surface area contributed by atoms with Crippen molar-refractivity contribution in [1.82, 2.24) is 0 Å². The fourth-order valence-electron chi connectivity index (χ4n) is 2.22. The molecule has 2 unspecified atom stereocenters. The molecule has 0 spiro atoms. The third-order valence-electron chi connectivity index (χ3n) is 3.36. The highest BCUT2D eigenvalue weighted by atomic mass is 16.7. The predicted octanol–water partition coefficient (Wildman–Crippen LogP) is 2.05. The van der Waals surface area contributed by atoms with Crippen LogP contribution in [0.15, 0.2) is 0 Å². The first-order valence-electron chi connectivity index (χ1n) is 5.36. The van der Waals surface area contributed by atoms with Crippen LogP contribution < -0.4 is 0 Å². The highest BCUT2D eigenvalue weighted by Gasteiger charge is 2.40. The molecule has 1 heterocycles. The molecule has 1 rings (SSSR count). The maximum Gasteiger partial charge on any atom is 0.160 e. The van der Waals surface area contributed by atoms with Crippen molar-refractivity contribution in [2.75, 3.05) is 14.2 Å². The molecule has 0 aromatic carbocycles. The summed E-state index contributed by atoms with van der Waals surface area (Å²) >= 11 is 0. The van der Waals surface area contributed by atoms with Crippen molar-refractivity contribution in [3.8, 4) is 0 Å². The maximum atomic E-state index is 5.82. The second-order valence-corrected chi connectivity index (χ2v) is 4.11. The van der Waals surface area contributed by atoms with E-state index in [9.17, 15) is 0 Å². The fraction of sp³-hybridized carbons (Fsp3) is 1.00. The van der Waals surface area contributed by atoms with E-state index in [1.54, 1.807) is 14.2 Å². The van der Waals surface area contributed by atoms with Crippen LogP contribution in [0.25, 0.3) is 0 Å². The number of rotatable bonds is 3. The van der Waals surface area contributed by atoms with E-state index >= 15 is 0 Å². The Hall–Kier alpha value is -0.120. The van der Waals surface area contributed by atoms with E-state index in [1.807, 2.05) is 0 Å². The van der Waals surface area contributed by atoms with Gasteiger partial charge in [-0.1, -0.05) is 20.8 Å². The van der Waals surface area contributed by atoms with E-state index < -0.39 is 0 Å². The predicted molar refractivity (Wildman–Crippen MR) is 55.1 cm³/mol. The summed E-state index contributed by atoms with van der Waals surface area (Å²) in [6.45, 7) is 6.47. The quantitative estimate of drug-likeness (QED) is 0.701. The second kappa shape index (κ2) is 5.10. The first-order valence-corrected chi connectivity index (χ1v) is 5.36. The first-order chi connectivity index (χ1) is 6.65. The average molecular weight is 202 g/mol. The van der Waals surface area contributed by atoms with E-state index in [1.165, 1.54) is 0 Å². The summed E-state index contributed by atoms with van der Waals surface area (Å²) in [5.74, 6) is 0.858. The molecular weight excluding hydrogens is 180 g/mol. The van der Waals surface area contributed by atoms with Crippen molar-refractivity contribution in [2.45, 2.75) is 45.7 Å². The lowest BCUT2D eigenvalue weighted by Crippen LogP contribution is -2.50. The lowest BCUT2D eigenvalue weighted by Gasteiger charge is -2.43. The Morgan fingerprint density at radius 2 is 1.71 bits per heavy atom. The van der Waals surface area contributed by atoms with Crippen molar-refractivity contribution in [2.24, 2.45) is 11.8 Å². The number of methoxy groups -OCH3 is 2. The van der Waals surface area contributed by atoms with Crippen LogP contribution in [-0.2, 0) is 14.2 Å². The smallest absolute Gasteiger partial charge is 0.160 e. The summed E-state index contributed by atoms with van der Waals surface area (Å²) < 4.78 is 16.6. The normalized spacial score (nSPS) is 43.9. The van der Waals surface area contributed by atoms with Crippen LogP contribution in [0.1, 0.15) is 27.2 Å². The summed E-state index contributed by atoms with van der Waals surface area (Å²) in [6, 6.07) is 0. The van der Waals surface area contributed by atoms with Crippen LogP contribution in [0.4, 0.5) is 0 Å². The average Bonchev–Trinajstić information content (AvgIpc) is 2.21. The van der Waals surface area contributed by atoms with E-state index in [0.717, 1.165) is 6.42 Å². The lowest BCUT2D eigenvalue weighted by molar-refractivity contribution is -0.258. The fourth-order valence-corrected chi connectivity index (χ4v) is 2.22. The van der Waals surface area contributed by atoms with E-state index in [-0.39, 0.29) is 18.5 Å². The Kier molecular flexibility index (Phi) is 4.35. The minimum Gasteiger partial charge on any atom is -0.378 e. The standard InChI is InChI=1S/C11H22O3/c1-6-9-10(12-4)7(2)8(3)11(13-5)14-9/h7-11H,6H2,1-5H3/t7?,8-,9?,10-,11-/m0/s1. The Bertz CT molecular complexity index is 170. The van der Waals surface area contributed by atoms with Crippen LogP contribution in [0.3, 0.4) is 0 Å². The van der Waals surface area contributed by atoms with Crippen molar-refractivity contribution < 1.29 is 14.2 Å². The third kappa shape index (κ3) is 2.10. The van der Waals surface area contributed by atoms with Crippen LogP contribution >= 0.6 is 0 Å². The van der Waals surface area contributed by atoms with Gasteiger partial charge in [-0.3, -0.25) is 0 Å². The molecule has 0 amide bonds.